The Morgan fingerprint density at radius 3 is 2.52 bits per heavy atom. The summed E-state index contributed by atoms with van der Waals surface area (Å²) in [5, 5.41) is 7.05. The number of nitrogens with zero attached hydrogens (tertiary/aromatic N) is 2. The standard InChI is InChI=1S/C32H33N3O5/c1-19-14-27(35-40-19)34-28(36)18-39-31(37)29-24-8-6-7-9-26(24)33-30-21(15-20-10-12-23(38-5)13-11-20)16-22(17-25(29)30)32(2,3)4/h6-15,22H,16-18H2,1-5H3,(H,34,35,36). The Kier molecular flexibility index (Phi) is 7.43. The normalized spacial score (nSPS) is 16.0. The van der Waals surface area contributed by atoms with E-state index in [1.807, 2.05) is 48.5 Å². The van der Waals surface area contributed by atoms with E-state index in [4.69, 9.17) is 19.0 Å². The lowest BCUT2D eigenvalue weighted by Gasteiger charge is -2.36. The SMILES string of the molecule is COc1ccc(C=C2CC(C(C)(C)C)Cc3c2nc2ccccc2c3C(=O)OCC(=O)Nc2cc(C)on2)cc1. The topological polar surface area (TPSA) is 104 Å². The summed E-state index contributed by atoms with van der Waals surface area (Å²) in [4.78, 5) is 31.2. The van der Waals surface area contributed by atoms with E-state index >= 15 is 0 Å². The van der Waals surface area contributed by atoms with Crippen molar-refractivity contribution in [2.45, 2.75) is 40.5 Å². The number of aryl methyl sites for hydroxylation is 1. The van der Waals surface area contributed by atoms with Gasteiger partial charge in [-0.25, -0.2) is 9.78 Å². The monoisotopic (exact) mass is 539 g/mol. The van der Waals surface area contributed by atoms with Gasteiger partial charge in [-0.1, -0.05) is 56.3 Å². The molecule has 0 radical (unpaired) electrons. The highest BCUT2D eigenvalue weighted by atomic mass is 16.5. The lowest BCUT2D eigenvalue weighted by Crippen LogP contribution is -2.29. The minimum absolute atomic E-state index is 0.0148. The molecule has 206 valence electrons. The average Bonchev–Trinajstić information content (AvgIpc) is 3.34. The van der Waals surface area contributed by atoms with Gasteiger partial charge in [0.25, 0.3) is 5.91 Å². The lowest BCUT2D eigenvalue weighted by atomic mass is 9.69. The number of rotatable bonds is 6. The first kappa shape index (κ1) is 27.1. The molecule has 0 spiro atoms. The number of carbonyl (C=O) groups excluding carboxylic acids is 2. The summed E-state index contributed by atoms with van der Waals surface area (Å²) in [6.07, 6.45) is 3.63. The number of amides is 1. The molecule has 0 saturated carbocycles. The number of para-hydroxylation sites is 1. The highest BCUT2D eigenvalue weighted by molar-refractivity contribution is 6.07. The van der Waals surface area contributed by atoms with Crippen LogP contribution in [0.5, 0.6) is 5.75 Å². The Bertz CT molecular complexity index is 1600. The number of methoxy groups -OCH3 is 1. The van der Waals surface area contributed by atoms with E-state index in [0.717, 1.165) is 34.6 Å². The van der Waals surface area contributed by atoms with Crippen LogP contribution in [0.2, 0.25) is 0 Å². The van der Waals surface area contributed by atoms with Gasteiger partial charge >= 0.3 is 5.97 Å². The van der Waals surface area contributed by atoms with Crippen LogP contribution in [0.3, 0.4) is 0 Å². The van der Waals surface area contributed by atoms with E-state index < -0.39 is 18.5 Å². The van der Waals surface area contributed by atoms with Crippen LogP contribution in [0.15, 0.2) is 59.1 Å². The predicted molar refractivity (Wildman–Crippen MR) is 154 cm³/mol. The molecule has 1 unspecified atom stereocenters. The third-order valence-electron chi connectivity index (χ3n) is 7.33. The maximum absolute atomic E-state index is 13.7. The Morgan fingerprint density at radius 2 is 1.85 bits per heavy atom. The summed E-state index contributed by atoms with van der Waals surface area (Å²) in [6, 6.07) is 17.0. The van der Waals surface area contributed by atoms with Gasteiger partial charge in [0, 0.05) is 11.5 Å². The maximum Gasteiger partial charge on any atom is 0.339 e. The molecule has 0 fully saturated rings. The third-order valence-corrected chi connectivity index (χ3v) is 7.33. The van der Waals surface area contributed by atoms with E-state index in [1.54, 1.807) is 20.1 Å². The van der Waals surface area contributed by atoms with Crippen molar-refractivity contribution in [2.24, 2.45) is 11.3 Å². The number of hydrogen-bond donors (Lipinski definition) is 1. The third kappa shape index (κ3) is 5.76. The van der Waals surface area contributed by atoms with Crippen LogP contribution < -0.4 is 10.1 Å². The van der Waals surface area contributed by atoms with Crippen molar-refractivity contribution >= 4 is 40.2 Å². The van der Waals surface area contributed by atoms with Crippen LogP contribution in [-0.2, 0) is 16.0 Å². The number of allylic oxidation sites excluding steroid dienone is 1. The number of hydrogen-bond acceptors (Lipinski definition) is 7. The molecule has 8 heteroatoms. The van der Waals surface area contributed by atoms with Crippen molar-refractivity contribution in [1.29, 1.82) is 0 Å². The Hall–Kier alpha value is -4.46. The second-order valence-electron chi connectivity index (χ2n) is 11.2. The molecule has 0 bridgehead atoms. The molecule has 0 aliphatic heterocycles. The average molecular weight is 540 g/mol. The highest BCUT2D eigenvalue weighted by Gasteiger charge is 2.35. The second-order valence-corrected chi connectivity index (χ2v) is 11.2. The zero-order valence-corrected chi connectivity index (χ0v) is 23.4. The van der Waals surface area contributed by atoms with Crippen molar-refractivity contribution in [3.05, 3.63) is 82.7 Å². The predicted octanol–water partition coefficient (Wildman–Crippen LogP) is 6.48. The second kappa shape index (κ2) is 11.0. The molecule has 4 aromatic rings. The van der Waals surface area contributed by atoms with Gasteiger partial charge in [-0.15, -0.1) is 0 Å². The van der Waals surface area contributed by atoms with Gasteiger partial charge < -0.3 is 19.3 Å². The fourth-order valence-electron chi connectivity index (χ4n) is 5.08. The minimum atomic E-state index is -0.556. The molecule has 2 heterocycles. The maximum atomic E-state index is 13.7. The van der Waals surface area contributed by atoms with E-state index in [0.29, 0.717) is 28.6 Å². The number of fused-ring (bicyclic) bond motifs is 2. The van der Waals surface area contributed by atoms with Crippen molar-refractivity contribution in [1.82, 2.24) is 10.1 Å². The molecule has 5 rings (SSSR count). The quantitative estimate of drug-likeness (QED) is 0.280. The number of carbonyl (C=O) groups is 2. The Morgan fingerprint density at radius 1 is 1.10 bits per heavy atom. The lowest BCUT2D eigenvalue weighted by molar-refractivity contribution is -0.119. The van der Waals surface area contributed by atoms with Crippen LogP contribution >= 0.6 is 0 Å². The first-order valence-corrected chi connectivity index (χ1v) is 13.3. The molecule has 8 nitrogen and oxygen atoms in total. The Balaban J connectivity index is 1.55. The molecule has 2 aromatic heterocycles. The van der Waals surface area contributed by atoms with Crippen molar-refractivity contribution in [3.63, 3.8) is 0 Å². The van der Waals surface area contributed by atoms with Crippen LogP contribution in [0, 0.1) is 18.3 Å². The minimum Gasteiger partial charge on any atom is -0.497 e. The smallest absolute Gasteiger partial charge is 0.339 e. The molecule has 1 aliphatic carbocycles. The molecule has 1 amide bonds. The van der Waals surface area contributed by atoms with Gasteiger partial charge in [-0.2, -0.15) is 0 Å². The largest absolute Gasteiger partial charge is 0.497 e. The van der Waals surface area contributed by atoms with E-state index in [9.17, 15) is 9.59 Å². The summed E-state index contributed by atoms with van der Waals surface area (Å²) in [6.45, 7) is 7.93. The number of pyridine rings is 1. The van der Waals surface area contributed by atoms with Gasteiger partial charge in [0.1, 0.15) is 11.5 Å². The fraction of sp³-hybridized carbons (Fsp3) is 0.312. The van der Waals surface area contributed by atoms with E-state index in [2.05, 4.69) is 37.3 Å². The summed E-state index contributed by atoms with van der Waals surface area (Å²) < 4.78 is 15.9. The van der Waals surface area contributed by atoms with Crippen molar-refractivity contribution in [2.75, 3.05) is 19.0 Å². The first-order valence-electron chi connectivity index (χ1n) is 13.3. The Labute approximate surface area is 233 Å². The van der Waals surface area contributed by atoms with Crippen molar-refractivity contribution < 1.29 is 23.6 Å². The van der Waals surface area contributed by atoms with E-state index in [-0.39, 0.29) is 17.2 Å². The first-order chi connectivity index (χ1) is 19.1. The summed E-state index contributed by atoms with van der Waals surface area (Å²) >= 11 is 0. The fourth-order valence-corrected chi connectivity index (χ4v) is 5.08. The number of anilines is 1. The zero-order valence-electron chi connectivity index (χ0n) is 23.4. The molecule has 1 atom stereocenters. The molecule has 2 aromatic carbocycles. The molecular formula is C32H33N3O5. The molecule has 1 aliphatic rings. The van der Waals surface area contributed by atoms with Crippen LogP contribution in [0.4, 0.5) is 5.82 Å². The number of benzene rings is 2. The van der Waals surface area contributed by atoms with Crippen LogP contribution in [-0.4, -0.2) is 35.7 Å². The summed E-state index contributed by atoms with van der Waals surface area (Å²) in [5.41, 5.74) is 4.87. The number of ether oxygens (including phenoxy) is 2. The molecule has 0 saturated heterocycles. The highest BCUT2D eigenvalue weighted by Crippen LogP contribution is 2.45. The van der Waals surface area contributed by atoms with E-state index in [1.165, 1.54) is 0 Å². The number of aromatic nitrogens is 2. The van der Waals surface area contributed by atoms with Gasteiger partial charge in [0.15, 0.2) is 12.4 Å². The zero-order chi connectivity index (χ0) is 28.4. The van der Waals surface area contributed by atoms with Gasteiger partial charge in [-0.05, 0) is 72.1 Å². The summed E-state index contributed by atoms with van der Waals surface area (Å²) in [7, 11) is 1.65. The van der Waals surface area contributed by atoms with Gasteiger partial charge in [-0.3, -0.25) is 4.79 Å². The number of nitrogens with one attached hydrogen (secondary N) is 1. The summed E-state index contributed by atoms with van der Waals surface area (Å²) in [5.74, 6) is 0.829. The van der Waals surface area contributed by atoms with Crippen molar-refractivity contribution in [3.8, 4) is 5.75 Å². The van der Waals surface area contributed by atoms with Crippen LogP contribution in [0.25, 0.3) is 22.6 Å². The molecular weight excluding hydrogens is 506 g/mol. The number of esters is 1. The molecule has 1 N–H and O–H groups in total. The molecule has 40 heavy (non-hydrogen) atoms. The van der Waals surface area contributed by atoms with Crippen LogP contribution in [0.1, 0.15) is 60.1 Å². The van der Waals surface area contributed by atoms with Gasteiger partial charge in [0.2, 0.25) is 0 Å². The van der Waals surface area contributed by atoms with Gasteiger partial charge in [0.05, 0.1) is 23.9 Å².